The van der Waals surface area contributed by atoms with Gasteiger partial charge < -0.3 is 43.0 Å². The first kappa shape index (κ1) is 54.5. The minimum absolute atomic E-state index is 0.0102. The van der Waals surface area contributed by atoms with Crippen molar-refractivity contribution < 1.29 is 28.8 Å². The average Bonchev–Trinajstić information content (AvgIpc) is 3.14. The van der Waals surface area contributed by atoms with Crippen molar-refractivity contribution in [2.24, 2.45) is 28.0 Å². The lowest BCUT2D eigenvalue weighted by Gasteiger charge is -2.40. The van der Waals surface area contributed by atoms with Gasteiger partial charge in [0, 0.05) is 111 Å². The summed E-state index contributed by atoms with van der Waals surface area (Å²) in [5.74, 6) is -1.13. The van der Waals surface area contributed by atoms with Crippen LogP contribution < -0.4 is 33.2 Å². The van der Waals surface area contributed by atoms with Crippen molar-refractivity contribution in [1.82, 2.24) is 55.1 Å². The standard InChI is InChI=1S/C21H42N8O4.C19H40N6O2/c1-21(2,3)10-18-11-28(13-20(23)33)7-5-26(12-19(22)32)4-6-27(14-24-16-30)8-9-29(18)15-25-17-31;1-5-22-6-8-23(14-18(20)27)9-12-25(16-21-17-26)13-11-24(10-7-22)15-19(2,3)4/h16-18H,4-15H2,1-3H3,(H2,22,32)(H2,23,33)(H,24,30)(H,25,31);17H,5-16H2,1-4H3,(H2,20,27)(H,21,26). The predicted octanol–water partition coefficient (Wildman–Crippen LogP) is -3.15. The molecule has 0 aromatic heterocycles. The number of nitrogens with one attached hydrogen (secondary N) is 3. The summed E-state index contributed by atoms with van der Waals surface area (Å²) in [6, 6.07) is 0.0432. The maximum absolute atomic E-state index is 11.8. The van der Waals surface area contributed by atoms with Crippen molar-refractivity contribution in [2.75, 3.05) is 151 Å². The summed E-state index contributed by atoms with van der Waals surface area (Å²) in [6.07, 6.45) is 2.91. The van der Waals surface area contributed by atoms with Gasteiger partial charge in [0.25, 0.3) is 0 Å². The van der Waals surface area contributed by atoms with E-state index >= 15 is 0 Å². The van der Waals surface area contributed by atoms with E-state index in [0.29, 0.717) is 78.6 Å². The summed E-state index contributed by atoms with van der Waals surface area (Å²) in [5, 5.41) is 8.25. The number of hydrogen-bond acceptors (Lipinski definition) is 14. The Hall–Kier alpha value is -3.50. The molecule has 0 aromatic carbocycles. The number of rotatable bonds is 18. The second-order valence-electron chi connectivity index (χ2n) is 18.4. The SMILES string of the molecule is CC(C)(C)CC1CN(CC(N)=O)CCN(CC(N)=O)CCN(CNC=O)CCN1CNC=O.CCN1CCN(CC(N)=O)CCN(CNC=O)CCN(CC(C)(C)C)CC1. The van der Waals surface area contributed by atoms with Crippen molar-refractivity contribution in [3.8, 4) is 0 Å². The molecule has 348 valence electrons. The number of carbonyl (C=O) groups is 6. The molecule has 2 saturated heterocycles. The zero-order chi connectivity index (χ0) is 45.1. The van der Waals surface area contributed by atoms with Crippen molar-refractivity contribution in [3.63, 3.8) is 0 Å². The Balaban J connectivity index is 0.000000612. The second kappa shape index (κ2) is 29.7. The van der Waals surface area contributed by atoms with Crippen LogP contribution in [0.3, 0.4) is 0 Å². The number of amides is 6. The molecular formula is C40H82N14O6. The number of hydrogen-bond donors (Lipinski definition) is 6. The lowest BCUT2D eigenvalue weighted by Crippen LogP contribution is -2.55. The highest BCUT2D eigenvalue weighted by molar-refractivity contribution is 5.76. The molecule has 6 amide bonds. The van der Waals surface area contributed by atoms with Crippen LogP contribution in [0.4, 0.5) is 0 Å². The van der Waals surface area contributed by atoms with E-state index in [1.807, 2.05) is 9.80 Å². The fourth-order valence-electron chi connectivity index (χ4n) is 7.50. The molecule has 0 radical (unpaired) electrons. The molecule has 1 atom stereocenters. The van der Waals surface area contributed by atoms with Crippen LogP contribution in [0.2, 0.25) is 0 Å². The van der Waals surface area contributed by atoms with E-state index in [1.54, 1.807) is 0 Å². The molecule has 0 aromatic rings. The van der Waals surface area contributed by atoms with E-state index < -0.39 is 11.8 Å². The molecule has 20 heteroatoms. The molecular weight excluding hydrogens is 773 g/mol. The van der Waals surface area contributed by atoms with Crippen LogP contribution in [-0.4, -0.2) is 233 Å². The molecule has 2 aliphatic heterocycles. The Morgan fingerprint density at radius 1 is 0.500 bits per heavy atom. The number of likely N-dealkylation sites (N-methyl/N-ethyl adjacent to an activating group) is 1. The zero-order valence-corrected chi connectivity index (χ0v) is 38.0. The first-order chi connectivity index (χ1) is 28.3. The maximum atomic E-state index is 11.8. The Bertz CT molecular complexity index is 1250. The number of carbonyl (C=O) groups excluding carboxylic acids is 6. The maximum Gasteiger partial charge on any atom is 0.231 e. The minimum atomic E-state index is -0.419. The summed E-state index contributed by atoms with van der Waals surface area (Å²) in [4.78, 5) is 85.0. The van der Waals surface area contributed by atoms with Gasteiger partial charge in [-0.05, 0) is 23.8 Å². The van der Waals surface area contributed by atoms with E-state index in [4.69, 9.17) is 17.2 Å². The van der Waals surface area contributed by atoms with Gasteiger partial charge in [-0.15, -0.1) is 0 Å². The highest BCUT2D eigenvalue weighted by Crippen LogP contribution is 2.24. The van der Waals surface area contributed by atoms with Gasteiger partial charge in [-0.25, -0.2) is 0 Å². The van der Waals surface area contributed by atoms with Crippen LogP contribution in [-0.2, 0) is 28.8 Å². The molecule has 0 bridgehead atoms. The smallest absolute Gasteiger partial charge is 0.231 e. The van der Waals surface area contributed by atoms with Crippen LogP contribution in [0, 0.1) is 10.8 Å². The van der Waals surface area contributed by atoms with Gasteiger partial charge in [0.2, 0.25) is 37.0 Å². The fraction of sp³-hybridized carbons (Fsp3) is 0.850. The summed E-state index contributed by atoms with van der Waals surface area (Å²) in [5.41, 5.74) is 16.7. The second-order valence-corrected chi connectivity index (χ2v) is 18.4. The van der Waals surface area contributed by atoms with Gasteiger partial charge in [-0.3, -0.25) is 58.2 Å². The van der Waals surface area contributed by atoms with Crippen molar-refractivity contribution in [3.05, 3.63) is 0 Å². The Morgan fingerprint density at radius 3 is 1.23 bits per heavy atom. The largest absolute Gasteiger partial charge is 0.369 e. The normalized spacial score (nSPS) is 20.8. The van der Waals surface area contributed by atoms with Gasteiger partial charge in [-0.1, -0.05) is 48.5 Å². The van der Waals surface area contributed by atoms with E-state index in [-0.39, 0.29) is 42.4 Å². The van der Waals surface area contributed by atoms with Gasteiger partial charge in [0.1, 0.15) is 0 Å². The monoisotopic (exact) mass is 855 g/mol. The summed E-state index contributed by atoms with van der Waals surface area (Å²) < 4.78 is 0. The van der Waals surface area contributed by atoms with Crippen LogP contribution in [0.15, 0.2) is 0 Å². The van der Waals surface area contributed by atoms with E-state index in [9.17, 15) is 28.8 Å². The van der Waals surface area contributed by atoms with Gasteiger partial charge in [0.15, 0.2) is 0 Å². The molecule has 1 unspecified atom stereocenters. The lowest BCUT2D eigenvalue weighted by molar-refractivity contribution is -0.121. The first-order valence-corrected chi connectivity index (χ1v) is 21.4. The molecule has 9 N–H and O–H groups in total. The van der Waals surface area contributed by atoms with Gasteiger partial charge >= 0.3 is 0 Å². The topological polar surface area (TPSA) is 242 Å². The number of nitrogens with two attached hydrogens (primary N) is 3. The molecule has 0 aliphatic carbocycles. The molecule has 2 fully saturated rings. The molecule has 20 nitrogen and oxygen atoms in total. The summed E-state index contributed by atoms with van der Waals surface area (Å²) in [6.45, 7) is 30.6. The fourth-order valence-corrected chi connectivity index (χ4v) is 7.50. The lowest BCUT2D eigenvalue weighted by atomic mass is 9.87. The summed E-state index contributed by atoms with van der Waals surface area (Å²) in [7, 11) is 0. The molecule has 2 rings (SSSR count). The quantitative estimate of drug-likeness (QED) is 0.0748. The summed E-state index contributed by atoms with van der Waals surface area (Å²) >= 11 is 0. The zero-order valence-electron chi connectivity index (χ0n) is 38.0. The van der Waals surface area contributed by atoms with Crippen LogP contribution in [0.5, 0.6) is 0 Å². The predicted molar refractivity (Wildman–Crippen MR) is 235 cm³/mol. The number of nitrogens with zero attached hydrogens (tertiary/aromatic N) is 8. The first-order valence-electron chi connectivity index (χ1n) is 21.4. The highest BCUT2D eigenvalue weighted by Gasteiger charge is 2.29. The van der Waals surface area contributed by atoms with Gasteiger partial charge in [-0.2, -0.15) is 0 Å². The minimum Gasteiger partial charge on any atom is -0.369 e. The molecule has 0 spiro atoms. The van der Waals surface area contributed by atoms with E-state index in [2.05, 4.69) is 93.8 Å². The molecule has 0 saturated carbocycles. The van der Waals surface area contributed by atoms with Crippen LogP contribution in [0.1, 0.15) is 54.9 Å². The third kappa shape index (κ3) is 27.4. The third-order valence-electron chi connectivity index (χ3n) is 10.4. The Kier molecular flexibility index (Phi) is 27.0. The third-order valence-corrected chi connectivity index (χ3v) is 10.4. The average molecular weight is 855 g/mol. The Labute approximate surface area is 360 Å². The Morgan fingerprint density at radius 2 is 0.850 bits per heavy atom. The van der Waals surface area contributed by atoms with Crippen LogP contribution >= 0.6 is 0 Å². The molecule has 60 heavy (non-hydrogen) atoms. The van der Waals surface area contributed by atoms with E-state index in [0.717, 1.165) is 78.3 Å². The highest BCUT2D eigenvalue weighted by atomic mass is 16.2. The number of primary amides is 3. The van der Waals surface area contributed by atoms with Crippen molar-refractivity contribution in [1.29, 1.82) is 0 Å². The molecule has 2 heterocycles. The van der Waals surface area contributed by atoms with E-state index in [1.165, 1.54) is 0 Å². The van der Waals surface area contributed by atoms with Crippen molar-refractivity contribution >= 4 is 37.0 Å². The molecule has 2 aliphatic rings. The van der Waals surface area contributed by atoms with Gasteiger partial charge in [0.05, 0.1) is 39.6 Å². The van der Waals surface area contributed by atoms with Crippen LogP contribution in [0.25, 0.3) is 0 Å². The van der Waals surface area contributed by atoms with Crippen molar-refractivity contribution in [2.45, 2.75) is 60.9 Å².